The summed E-state index contributed by atoms with van der Waals surface area (Å²) in [6, 6.07) is 8.64. The van der Waals surface area contributed by atoms with E-state index in [-0.39, 0.29) is 18.4 Å². The molecule has 1 amide bonds. The molecule has 1 N–H and O–H groups in total. The first-order chi connectivity index (χ1) is 9.20. The molecule has 2 unspecified atom stereocenters. The average Bonchev–Trinajstić information content (AvgIpc) is 3.28. The smallest absolute Gasteiger partial charge is 0.226 e. The van der Waals surface area contributed by atoms with Gasteiger partial charge in [-0.25, -0.2) is 0 Å². The molecule has 2 fully saturated rings. The number of rotatable bonds is 5. The molecule has 19 heavy (non-hydrogen) atoms. The molecular weight excluding hydrogens is 306 g/mol. The van der Waals surface area contributed by atoms with Crippen LogP contribution in [0.5, 0.6) is 0 Å². The minimum Gasteiger partial charge on any atom is -0.395 e. The fraction of sp³-hybridized carbons (Fsp3) is 0.533. The molecule has 4 heteroatoms. The molecule has 2 saturated carbocycles. The van der Waals surface area contributed by atoms with Crippen LogP contribution in [0, 0.1) is 5.92 Å². The number of halogens is 1. The molecule has 0 heterocycles. The Morgan fingerprint density at radius 3 is 2.58 bits per heavy atom. The first-order valence-corrected chi connectivity index (χ1v) is 7.67. The predicted octanol–water partition coefficient (Wildman–Crippen LogP) is 2.54. The van der Waals surface area contributed by atoms with Crippen molar-refractivity contribution in [2.75, 3.05) is 13.2 Å². The van der Waals surface area contributed by atoms with Crippen LogP contribution in [-0.4, -0.2) is 35.1 Å². The summed E-state index contributed by atoms with van der Waals surface area (Å²) >= 11 is 3.43. The van der Waals surface area contributed by atoms with E-state index in [4.69, 9.17) is 5.11 Å². The highest BCUT2D eigenvalue weighted by Crippen LogP contribution is 2.49. The average molecular weight is 324 g/mol. The van der Waals surface area contributed by atoms with E-state index in [0.29, 0.717) is 18.5 Å². The van der Waals surface area contributed by atoms with Gasteiger partial charge in [0.2, 0.25) is 5.91 Å². The molecule has 3 nitrogen and oxygen atoms in total. The van der Waals surface area contributed by atoms with Crippen LogP contribution < -0.4 is 0 Å². The van der Waals surface area contributed by atoms with Gasteiger partial charge >= 0.3 is 0 Å². The van der Waals surface area contributed by atoms with E-state index in [1.165, 1.54) is 5.56 Å². The van der Waals surface area contributed by atoms with Gasteiger partial charge in [0.25, 0.3) is 0 Å². The van der Waals surface area contributed by atoms with Crippen LogP contribution in [0.3, 0.4) is 0 Å². The second-order valence-electron chi connectivity index (χ2n) is 5.49. The van der Waals surface area contributed by atoms with E-state index < -0.39 is 0 Å². The Kier molecular flexibility index (Phi) is 3.63. The third kappa shape index (κ3) is 2.84. The Labute approximate surface area is 121 Å². The van der Waals surface area contributed by atoms with Crippen LogP contribution in [0.25, 0.3) is 0 Å². The summed E-state index contributed by atoms with van der Waals surface area (Å²) in [4.78, 5) is 14.3. The van der Waals surface area contributed by atoms with Crippen molar-refractivity contribution in [3.8, 4) is 0 Å². The standard InChI is InChI=1S/C15H18BrNO2/c16-11-3-1-10(2-4-11)13-9-14(13)15(19)17(7-8-18)12-5-6-12/h1-4,12-14,18H,5-9H2. The molecule has 2 aliphatic rings. The third-order valence-corrected chi connectivity index (χ3v) is 4.55. The summed E-state index contributed by atoms with van der Waals surface area (Å²) in [5.41, 5.74) is 1.25. The largest absolute Gasteiger partial charge is 0.395 e. The second kappa shape index (κ2) is 5.25. The lowest BCUT2D eigenvalue weighted by Crippen LogP contribution is -2.36. The van der Waals surface area contributed by atoms with Gasteiger partial charge in [0.1, 0.15) is 0 Å². The number of aliphatic hydroxyl groups is 1. The number of hydrogen-bond donors (Lipinski definition) is 1. The van der Waals surface area contributed by atoms with E-state index in [1.54, 1.807) is 0 Å². The van der Waals surface area contributed by atoms with E-state index in [0.717, 1.165) is 23.7 Å². The maximum atomic E-state index is 12.4. The molecule has 0 radical (unpaired) electrons. The molecule has 2 aliphatic carbocycles. The van der Waals surface area contributed by atoms with Crippen molar-refractivity contribution in [1.29, 1.82) is 0 Å². The van der Waals surface area contributed by atoms with Crippen LogP contribution in [0.15, 0.2) is 28.7 Å². The van der Waals surface area contributed by atoms with Crippen molar-refractivity contribution >= 4 is 21.8 Å². The molecule has 0 aliphatic heterocycles. The molecular formula is C15H18BrNO2. The van der Waals surface area contributed by atoms with Crippen LogP contribution in [-0.2, 0) is 4.79 Å². The van der Waals surface area contributed by atoms with E-state index in [1.807, 2.05) is 17.0 Å². The number of carbonyl (C=O) groups excluding carboxylic acids is 1. The summed E-state index contributed by atoms with van der Waals surface area (Å²) in [5.74, 6) is 0.748. The quantitative estimate of drug-likeness (QED) is 0.904. The van der Waals surface area contributed by atoms with E-state index in [9.17, 15) is 4.79 Å². The number of hydrogen-bond acceptors (Lipinski definition) is 2. The van der Waals surface area contributed by atoms with Gasteiger partial charge in [-0.15, -0.1) is 0 Å². The SMILES string of the molecule is O=C(C1CC1c1ccc(Br)cc1)N(CCO)C1CC1. The van der Waals surface area contributed by atoms with Gasteiger partial charge in [-0.05, 0) is 42.9 Å². The molecule has 102 valence electrons. The lowest BCUT2D eigenvalue weighted by atomic mass is 10.1. The Hall–Kier alpha value is -0.870. The van der Waals surface area contributed by atoms with Crippen LogP contribution >= 0.6 is 15.9 Å². The molecule has 0 bridgehead atoms. The van der Waals surface area contributed by atoms with Gasteiger partial charge < -0.3 is 10.0 Å². The van der Waals surface area contributed by atoms with Crippen molar-refractivity contribution in [3.63, 3.8) is 0 Å². The monoisotopic (exact) mass is 323 g/mol. The minimum absolute atomic E-state index is 0.0674. The van der Waals surface area contributed by atoms with Crippen molar-refractivity contribution in [2.45, 2.75) is 31.2 Å². The molecule has 0 spiro atoms. The zero-order valence-corrected chi connectivity index (χ0v) is 12.3. The van der Waals surface area contributed by atoms with Gasteiger partial charge in [0.15, 0.2) is 0 Å². The van der Waals surface area contributed by atoms with Gasteiger partial charge in [-0.2, -0.15) is 0 Å². The van der Waals surface area contributed by atoms with Gasteiger partial charge in [-0.3, -0.25) is 4.79 Å². The van der Waals surface area contributed by atoms with Crippen molar-refractivity contribution < 1.29 is 9.90 Å². The summed E-state index contributed by atoms with van der Waals surface area (Å²) in [7, 11) is 0. The van der Waals surface area contributed by atoms with Crippen LogP contribution in [0.2, 0.25) is 0 Å². The zero-order valence-electron chi connectivity index (χ0n) is 10.8. The summed E-state index contributed by atoms with van der Waals surface area (Å²) in [6.07, 6.45) is 3.15. The maximum absolute atomic E-state index is 12.4. The van der Waals surface area contributed by atoms with Crippen LogP contribution in [0.1, 0.15) is 30.7 Å². The molecule has 0 aromatic heterocycles. The van der Waals surface area contributed by atoms with E-state index in [2.05, 4.69) is 28.1 Å². The molecule has 2 atom stereocenters. The summed E-state index contributed by atoms with van der Waals surface area (Å²) < 4.78 is 1.07. The van der Waals surface area contributed by atoms with Gasteiger partial charge in [0, 0.05) is 23.0 Å². The highest BCUT2D eigenvalue weighted by molar-refractivity contribution is 9.10. The Balaban J connectivity index is 1.64. The number of carbonyl (C=O) groups is 1. The number of aliphatic hydroxyl groups excluding tert-OH is 1. The van der Waals surface area contributed by atoms with E-state index >= 15 is 0 Å². The van der Waals surface area contributed by atoms with Gasteiger partial charge in [-0.1, -0.05) is 28.1 Å². The zero-order chi connectivity index (χ0) is 13.4. The minimum atomic E-state index is 0.0674. The Morgan fingerprint density at radius 2 is 2.00 bits per heavy atom. The molecule has 3 rings (SSSR count). The normalized spacial score (nSPS) is 25.2. The van der Waals surface area contributed by atoms with Crippen molar-refractivity contribution in [1.82, 2.24) is 4.90 Å². The third-order valence-electron chi connectivity index (χ3n) is 4.02. The second-order valence-corrected chi connectivity index (χ2v) is 6.40. The predicted molar refractivity (Wildman–Crippen MR) is 76.8 cm³/mol. The summed E-state index contributed by atoms with van der Waals surface area (Å²) in [5, 5.41) is 9.08. The van der Waals surface area contributed by atoms with Crippen LogP contribution in [0.4, 0.5) is 0 Å². The van der Waals surface area contributed by atoms with Crippen molar-refractivity contribution in [2.24, 2.45) is 5.92 Å². The van der Waals surface area contributed by atoms with Crippen molar-refractivity contribution in [3.05, 3.63) is 34.3 Å². The maximum Gasteiger partial charge on any atom is 0.226 e. The lowest BCUT2D eigenvalue weighted by molar-refractivity contribution is -0.133. The Bertz CT molecular complexity index is 470. The number of nitrogens with zero attached hydrogens (tertiary/aromatic N) is 1. The number of benzene rings is 1. The first kappa shape index (κ1) is 13.1. The number of amides is 1. The highest BCUT2D eigenvalue weighted by Gasteiger charge is 2.47. The lowest BCUT2D eigenvalue weighted by Gasteiger charge is -2.21. The Morgan fingerprint density at radius 1 is 1.32 bits per heavy atom. The summed E-state index contributed by atoms with van der Waals surface area (Å²) in [6.45, 7) is 0.560. The van der Waals surface area contributed by atoms with Gasteiger partial charge in [0.05, 0.1) is 6.61 Å². The first-order valence-electron chi connectivity index (χ1n) is 6.87. The fourth-order valence-electron chi connectivity index (χ4n) is 2.73. The molecule has 1 aromatic carbocycles. The highest BCUT2D eigenvalue weighted by atomic mass is 79.9. The fourth-order valence-corrected chi connectivity index (χ4v) is 2.99. The molecule has 0 saturated heterocycles. The topological polar surface area (TPSA) is 40.5 Å². The molecule has 1 aromatic rings.